The third-order valence-corrected chi connectivity index (χ3v) is 3.48. The van der Waals surface area contributed by atoms with Crippen molar-refractivity contribution in [3.05, 3.63) is 10.1 Å². The van der Waals surface area contributed by atoms with E-state index in [2.05, 4.69) is 6.92 Å². The van der Waals surface area contributed by atoms with Crippen LogP contribution in [0.15, 0.2) is 0 Å². The first-order valence-corrected chi connectivity index (χ1v) is 9.98. The van der Waals surface area contributed by atoms with Crippen LogP contribution in [0.2, 0.25) is 0 Å². The number of hydrogen-bond acceptors (Lipinski definition) is 4. The molecule has 6 heteroatoms. The molecule has 0 aliphatic heterocycles. The Morgan fingerprint density at radius 3 is 1.36 bits per heavy atom. The molecular formula is C16H31NO4Zn. The zero-order valence-corrected chi connectivity index (χ0v) is 17.2. The molecule has 0 saturated heterocycles. The topological polar surface area (TPSA) is 83.3 Å². The number of rotatable bonds is 14. The van der Waals surface area contributed by atoms with Gasteiger partial charge in [0, 0.05) is 5.97 Å². The molecule has 0 unspecified atom stereocenters. The molecule has 0 fully saturated rings. The molecule has 0 amide bonds. The van der Waals surface area contributed by atoms with Crippen LogP contribution in [-0.4, -0.2) is 9.64 Å². The van der Waals surface area contributed by atoms with Gasteiger partial charge in [-0.05, 0) is 12.8 Å². The van der Waals surface area contributed by atoms with Gasteiger partial charge >= 0.3 is 32.3 Å². The van der Waals surface area contributed by atoms with E-state index in [1.54, 1.807) is 0 Å². The van der Waals surface area contributed by atoms with E-state index in [9.17, 15) is 9.90 Å². The second-order valence-corrected chi connectivity index (χ2v) is 6.78. The Balaban J connectivity index is 0. The number of nitrogens with zero attached hydrogens (tertiary/aromatic N) is 1. The molecule has 0 spiro atoms. The molecule has 0 aromatic heterocycles. The first-order chi connectivity index (χ1) is 10.5. The number of hydrogen-bond donors (Lipinski definition) is 0. The molecule has 0 rings (SSSR count). The number of carboxylic acid groups (broad SMARTS) is 1. The van der Waals surface area contributed by atoms with Gasteiger partial charge in [0.15, 0.2) is 0 Å². The summed E-state index contributed by atoms with van der Waals surface area (Å²) in [6, 6.07) is 0. The minimum atomic E-state index is -0.905. The van der Waals surface area contributed by atoms with E-state index in [4.69, 9.17) is 10.1 Å². The summed E-state index contributed by atoms with van der Waals surface area (Å²) < 4.78 is -0.375. The van der Waals surface area contributed by atoms with Gasteiger partial charge in [-0.2, -0.15) is 0 Å². The minimum absolute atomic E-state index is 0.153. The SMILES string of the molecule is CCCCCCCCCCCCCCCC(=O)[O-].O=[N+]([O-])[Zn+]. The molecule has 0 saturated carbocycles. The molecule has 0 aliphatic rings. The molecular weight excluding hydrogens is 336 g/mol. The number of carbonyl (C=O) groups is 1. The van der Waals surface area contributed by atoms with Crippen LogP contribution >= 0.6 is 0 Å². The van der Waals surface area contributed by atoms with E-state index in [0.717, 1.165) is 12.8 Å². The summed E-state index contributed by atoms with van der Waals surface area (Å²) in [6.45, 7) is 2.26. The van der Waals surface area contributed by atoms with E-state index in [1.807, 2.05) is 0 Å². The van der Waals surface area contributed by atoms with Crippen LogP contribution in [0.25, 0.3) is 0 Å². The predicted molar refractivity (Wildman–Crippen MR) is 82.3 cm³/mol. The number of unbranched alkanes of at least 4 members (excludes halogenated alkanes) is 12. The maximum absolute atomic E-state index is 10.2. The Labute approximate surface area is 145 Å². The van der Waals surface area contributed by atoms with Crippen molar-refractivity contribution in [3.63, 3.8) is 0 Å². The van der Waals surface area contributed by atoms with E-state index < -0.39 is 5.97 Å². The summed E-state index contributed by atoms with van der Waals surface area (Å²) >= 11 is 0.153. The zero-order chi connectivity index (χ0) is 17.1. The second-order valence-electron chi connectivity index (χ2n) is 5.70. The monoisotopic (exact) mass is 365 g/mol. The van der Waals surface area contributed by atoms with Crippen molar-refractivity contribution >= 4 is 5.97 Å². The third kappa shape index (κ3) is 31.7. The van der Waals surface area contributed by atoms with Crippen molar-refractivity contribution in [2.75, 3.05) is 0 Å². The van der Waals surface area contributed by atoms with Crippen LogP contribution in [0.5, 0.6) is 0 Å². The van der Waals surface area contributed by atoms with Gasteiger partial charge in [0.05, 0.1) is 0 Å². The van der Waals surface area contributed by atoms with Crippen LogP contribution in [0.3, 0.4) is 0 Å². The van der Waals surface area contributed by atoms with Crippen LogP contribution < -0.4 is 5.11 Å². The normalized spacial score (nSPS) is 9.95. The maximum atomic E-state index is 10.2. The number of aliphatic carboxylic acids is 1. The molecule has 126 valence electrons. The van der Waals surface area contributed by atoms with Crippen LogP contribution in [0.1, 0.15) is 96.8 Å². The Bertz CT molecular complexity index is 259. The van der Waals surface area contributed by atoms with Crippen molar-refractivity contribution in [2.45, 2.75) is 96.8 Å². The number of carboxylic acids is 1. The Morgan fingerprint density at radius 1 is 0.818 bits per heavy atom. The van der Waals surface area contributed by atoms with Crippen molar-refractivity contribution in [3.8, 4) is 0 Å². The van der Waals surface area contributed by atoms with Gasteiger partial charge in [-0.15, -0.1) is 0 Å². The quantitative estimate of drug-likeness (QED) is 0.202. The first kappa shape index (κ1) is 23.8. The molecule has 0 atom stereocenters. The molecule has 22 heavy (non-hydrogen) atoms. The molecule has 0 radical (unpaired) electrons. The van der Waals surface area contributed by atoms with Gasteiger partial charge in [0.25, 0.3) is 0 Å². The van der Waals surface area contributed by atoms with Crippen LogP contribution in [-0.2, 0) is 23.3 Å². The van der Waals surface area contributed by atoms with Gasteiger partial charge in [0.1, 0.15) is 0 Å². The van der Waals surface area contributed by atoms with Gasteiger partial charge in [-0.1, -0.05) is 84.0 Å². The van der Waals surface area contributed by atoms with Gasteiger partial charge < -0.3 is 9.90 Å². The molecule has 0 bridgehead atoms. The molecule has 5 nitrogen and oxygen atoms in total. The van der Waals surface area contributed by atoms with E-state index >= 15 is 0 Å². The average Bonchev–Trinajstić information content (AvgIpc) is 2.43. The fraction of sp³-hybridized carbons (Fsp3) is 0.938. The molecule has 0 aliphatic carbocycles. The van der Waals surface area contributed by atoms with Crippen molar-refractivity contribution < 1.29 is 32.1 Å². The van der Waals surface area contributed by atoms with Crippen molar-refractivity contribution in [1.82, 2.24) is 0 Å². The number of carbonyl (C=O) groups excluding carboxylic acids is 1. The molecule has 0 heterocycles. The summed E-state index contributed by atoms with van der Waals surface area (Å²) in [5, 5.41) is 19.1. The summed E-state index contributed by atoms with van der Waals surface area (Å²) in [6.07, 6.45) is 16.9. The fourth-order valence-electron chi connectivity index (χ4n) is 2.29. The standard InChI is InChI=1S/C16H32O2.NO2.Zn/c1-2-3-4-5-6-7-8-9-10-11-12-13-14-15-16(17)18;2-1-3;/h2-15H2,1H3,(H,17,18);;/q;;+1/p-1. The Morgan fingerprint density at radius 2 is 1.09 bits per heavy atom. The van der Waals surface area contributed by atoms with Gasteiger partial charge in [0.2, 0.25) is 0 Å². The predicted octanol–water partition coefficient (Wildman–Crippen LogP) is 3.94. The average molecular weight is 367 g/mol. The summed E-state index contributed by atoms with van der Waals surface area (Å²) in [4.78, 5) is 19.1. The Kier molecular flexibility index (Phi) is 22.1. The first-order valence-electron chi connectivity index (χ1n) is 8.65. The zero-order valence-electron chi connectivity index (χ0n) is 14.2. The molecule has 0 aromatic carbocycles. The van der Waals surface area contributed by atoms with Crippen LogP contribution in [0.4, 0.5) is 0 Å². The van der Waals surface area contributed by atoms with E-state index in [-0.39, 0.29) is 28.6 Å². The van der Waals surface area contributed by atoms with E-state index in [0.29, 0.717) is 0 Å². The fourth-order valence-corrected chi connectivity index (χ4v) is 2.29. The van der Waals surface area contributed by atoms with Gasteiger partial charge in [-0.25, -0.2) is 0 Å². The molecule has 0 aromatic rings. The second kappa shape index (κ2) is 20.5. The van der Waals surface area contributed by atoms with Crippen molar-refractivity contribution in [1.29, 1.82) is 0 Å². The third-order valence-electron chi connectivity index (χ3n) is 3.48. The summed E-state index contributed by atoms with van der Waals surface area (Å²) in [5.41, 5.74) is 0. The van der Waals surface area contributed by atoms with Crippen molar-refractivity contribution in [2.24, 2.45) is 0 Å². The summed E-state index contributed by atoms with van der Waals surface area (Å²) in [5.74, 6) is -0.905. The van der Waals surface area contributed by atoms with Crippen LogP contribution in [0, 0.1) is 10.1 Å². The van der Waals surface area contributed by atoms with E-state index in [1.165, 1.54) is 70.6 Å². The van der Waals surface area contributed by atoms with Gasteiger partial charge in [-0.3, -0.25) is 0 Å². The Hall–Kier alpha value is -0.507. The molecule has 0 N–H and O–H groups in total. The summed E-state index contributed by atoms with van der Waals surface area (Å²) in [7, 11) is 0. The number of nitro groups is 1.